The Morgan fingerprint density at radius 2 is 2.03 bits per heavy atom. The maximum absolute atomic E-state index is 5.22. The molecular formula is C20H14N8O. The average molecular weight is 382 g/mol. The minimum atomic E-state index is 0.602. The van der Waals surface area contributed by atoms with Crippen LogP contribution < -0.4 is 0 Å². The highest BCUT2D eigenvalue weighted by molar-refractivity contribution is 5.94. The summed E-state index contributed by atoms with van der Waals surface area (Å²) in [5.41, 5.74) is 7.31. The number of imidazole rings is 1. The standard InChI is InChI=1S/C20H14N8O/c1-28-9-12(8-22-28)14-2-3-15-17(23-14)18(27-26-15)20-24-16-13(11-5-7-29-10-11)4-6-21-19(16)25-20/h2-10H,1H3,(H,26,27)(H,21,24,25). The summed E-state index contributed by atoms with van der Waals surface area (Å²) in [7, 11) is 1.88. The highest BCUT2D eigenvalue weighted by Gasteiger charge is 2.17. The topological polar surface area (TPSA) is 114 Å². The van der Waals surface area contributed by atoms with Gasteiger partial charge in [0.05, 0.1) is 35.5 Å². The van der Waals surface area contributed by atoms with E-state index in [1.54, 1.807) is 29.6 Å². The quantitative estimate of drug-likeness (QED) is 0.484. The zero-order valence-corrected chi connectivity index (χ0v) is 15.3. The van der Waals surface area contributed by atoms with Crippen molar-refractivity contribution in [1.82, 2.24) is 39.9 Å². The normalized spacial score (nSPS) is 11.6. The van der Waals surface area contributed by atoms with Gasteiger partial charge in [0.15, 0.2) is 17.2 Å². The van der Waals surface area contributed by atoms with Gasteiger partial charge in [-0.05, 0) is 24.3 Å². The van der Waals surface area contributed by atoms with Crippen molar-refractivity contribution in [3.05, 3.63) is 55.4 Å². The van der Waals surface area contributed by atoms with Gasteiger partial charge in [-0.2, -0.15) is 10.2 Å². The molecule has 0 fully saturated rings. The van der Waals surface area contributed by atoms with Crippen LogP contribution in [0.15, 0.2) is 59.8 Å². The molecule has 6 heterocycles. The first-order valence-electron chi connectivity index (χ1n) is 8.98. The summed E-state index contributed by atoms with van der Waals surface area (Å²) in [6.07, 6.45) is 8.79. The number of furan rings is 1. The fraction of sp³-hybridized carbons (Fsp3) is 0.0500. The Kier molecular flexibility index (Phi) is 3.19. The molecular weight excluding hydrogens is 368 g/mol. The molecule has 9 heteroatoms. The monoisotopic (exact) mass is 382 g/mol. The predicted molar refractivity (Wildman–Crippen MR) is 107 cm³/mol. The summed E-state index contributed by atoms with van der Waals surface area (Å²) in [4.78, 5) is 17.2. The lowest BCUT2D eigenvalue weighted by atomic mass is 10.1. The number of aromatic amines is 2. The summed E-state index contributed by atoms with van der Waals surface area (Å²) < 4.78 is 6.97. The fourth-order valence-corrected chi connectivity index (χ4v) is 3.46. The first-order valence-corrected chi connectivity index (χ1v) is 8.98. The number of nitrogens with one attached hydrogen (secondary N) is 2. The molecule has 0 saturated carbocycles. The molecule has 0 unspecified atom stereocenters. The van der Waals surface area contributed by atoms with Gasteiger partial charge >= 0.3 is 0 Å². The molecule has 0 aliphatic heterocycles. The van der Waals surface area contributed by atoms with E-state index >= 15 is 0 Å². The Morgan fingerprint density at radius 1 is 1.07 bits per heavy atom. The molecule has 6 aromatic heterocycles. The van der Waals surface area contributed by atoms with Gasteiger partial charge in [0.25, 0.3) is 0 Å². The minimum absolute atomic E-state index is 0.602. The van der Waals surface area contributed by atoms with Crippen molar-refractivity contribution in [3.8, 4) is 33.9 Å². The predicted octanol–water partition coefficient (Wildman–Crippen LogP) is 3.56. The first kappa shape index (κ1) is 15.8. The van der Waals surface area contributed by atoms with Gasteiger partial charge in [0.2, 0.25) is 0 Å². The van der Waals surface area contributed by atoms with Crippen LogP contribution in [-0.4, -0.2) is 39.9 Å². The third-order valence-electron chi connectivity index (χ3n) is 4.86. The maximum atomic E-state index is 5.22. The van der Waals surface area contributed by atoms with E-state index in [-0.39, 0.29) is 0 Å². The zero-order chi connectivity index (χ0) is 19.4. The number of fused-ring (bicyclic) bond motifs is 2. The summed E-state index contributed by atoms with van der Waals surface area (Å²) in [5, 5.41) is 11.7. The van der Waals surface area contributed by atoms with Crippen molar-refractivity contribution in [2.75, 3.05) is 0 Å². The number of nitrogens with zero attached hydrogens (tertiary/aromatic N) is 6. The van der Waals surface area contributed by atoms with Crippen LogP contribution in [0, 0.1) is 0 Å². The van der Waals surface area contributed by atoms with Crippen molar-refractivity contribution in [2.24, 2.45) is 7.05 Å². The van der Waals surface area contributed by atoms with Crippen molar-refractivity contribution in [2.45, 2.75) is 0 Å². The Labute approximate surface area is 163 Å². The Bertz CT molecular complexity index is 1470. The number of H-pyrrole nitrogens is 2. The van der Waals surface area contributed by atoms with Crippen LogP contribution in [0.1, 0.15) is 0 Å². The Balaban J connectivity index is 1.53. The molecule has 0 aromatic carbocycles. The molecule has 29 heavy (non-hydrogen) atoms. The number of aryl methyl sites for hydroxylation is 1. The second-order valence-electron chi connectivity index (χ2n) is 6.72. The molecule has 2 N–H and O–H groups in total. The van der Waals surface area contributed by atoms with E-state index in [2.05, 4.69) is 30.2 Å². The third-order valence-corrected chi connectivity index (χ3v) is 4.86. The highest BCUT2D eigenvalue weighted by atomic mass is 16.3. The fourth-order valence-electron chi connectivity index (χ4n) is 3.46. The lowest BCUT2D eigenvalue weighted by Crippen LogP contribution is -1.87. The second-order valence-corrected chi connectivity index (χ2v) is 6.72. The molecule has 0 aliphatic rings. The molecule has 140 valence electrons. The Morgan fingerprint density at radius 3 is 2.86 bits per heavy atom. The molecule has 0 atom stereocenters. The smallest absolute Gasteiger partial charge is 0.178 e. The maximum Gasteiger partial charge on any atom is 0.178 e. The van der Waals surface area contributed by atoms with Crippen LogP contribution in [0.5, 0.6) is 0 Å². The molecule has 0 spiro atoms. The van der Waals surface area contributed by atoms with E-state index < -0.39 is 0 Å². The van der Waals surface area contributed by atoms with Crippen LogP contribution in [0.3, 0.4) is 0 Å². The number of rotatable bonds is 3. The largest absolute Gasteiger partial charge is 0.472 e. The molecule has 0 aliphatic carbocycles. The van der Waals surface area contributed by atoms with E-state index in [0.29, 0.717) is 17.2 Å². The summed E-state index contributed by atoms with van der Waals surface area (Å²) >= 11 is 0. The van der Waals surface area contributed by atoms with Crippen molar-refractivity contribution >= 4 is 22.2 Å². The third kappa shape index (κ3) is 2.44. The van der Waals surface area contributed by atoms with Gasteiger partial charge in [-0.3, -0.25) is 9.78 Å². The average Bonchev–Trinajstić information content (AvgIpc) is 3.51. The van der Waals surface area contributed by atoms with Crippen molar-refractivity contribution in [3.63, 3.8) is 0 Å². The highest BCUT2D eigenvalue weighted by Crippen LogP contribution is 2.31. The van der Waals surface area contributed by atoms with Crippen LogP contribution >= 0.6 is 0 Å². The summed E-state index contributed by atoms with van der Waals surface area (Å²) in [6, 6.07) is 7.73. The van der Waals surface area contributed by atoms with Gasteiger partial charge in [0, 0.05) is 36.1 Å². The number of aromatic nitrogens is 8. The van der Waals surface area contributed by atoms with E-state index in [4.69, 9.17) is 9.40 Å². The zero-order valence-electron chi connectivity index (χ0n) is 15.3. The van der Waals surface area contributed by atoms with Gasteiger partial charge in [-0.1, -0.05) is 0 Å². The van der Waals surface area contributed by atoms with E-state index in [0.717, 1.165) is 38.9 Å². The van der Waals surface area contributed by atoms with Crippen LogP contribution in [-0.2, 0) is 7.05 Å². The number of pyridine rings is 2. The van der Waals surface area contributed by atoms with Crippen LogP contribution in [0.25, 0.3) is 56.1 Å². The lowest BCUT2D eigenvalue weighted by molar-refractivity contribution is 0.568. The van der Waals surface area contributed by atoms with Crippen LogP contribution in [0.2, 0.25) is 0 Å². The molecule has 6 rings (SSSR count). The molecule has 9 nitrogen and oxygen atoms in total. The van der Waals surface area contributed by atoms with Gasteiger partial charge < -0.3 is 9.40 Å². The van der Waals surface area contributed by atoms with Gasteiger partial charge in [-0.15, -0.1) is 0 Å². The van der Waals surface area contributed by atoms with Crippen molar-refractivity contribution in [1.29, 1.82) is 0 Å². The van der Waals surface area contributed by atoms with Crippen LogP contribution in [0.4, 0.5) is 0 Å². The molecule has 0 bridgehead atoms. The Hall–Kier alpha value is -4.27. The number of hydrogen-bond donors (Lipinski definition) is 2. The van der Waals surface area contributed by atoms with E-state index in [1.807, 2.05) is 37.5 Å². The van der Waals surface area contributed by atoms with E-state index in [1.165, 1.54) is 0 Å². The van der Waals surface area contributed by atoms with Crippen molar-refractivity contribution < 1.29 is 4.42 Å². The molecule has 0 amide bonds. The lowest BCUT2D eigenvalue weighted by Gasteiger charge is -1.98. The summed E-state index contributed by atoms with van der Waals surface area (Å²) in [6.45, 7) is 0. The van der Waals surface area contributed by atoms with Gasteiger partial charge in [0.1, 0.15) is 5.52 Å². The summed E-state index contributed by atoms with van der Waals surface area (Å²) in [5.74, 6) is 0.602. The van der Waals surface area contributed by atoms with E-state index in [9.17, 15) is 0 Å². The first-order chi connectivity index (χ1) is 14.3. The molecule has 6 aromatic rings. The van der Waals surface area contributed by atoms with Gasteiger partial charge in [-0.25, -0.2) is 15.0 Å². The SMILES string of the molecule is Cn1cc(-c2ccc3[nH]nc(-c4nc5nccc(-c6ccoc6)c5[nH]4)c3n2)cn1. The molecule has 0 radical (unpaired) electrons. The second kappa shape index (κ2) is 5.86. The molecule has 0 saturated heterocycles. The number of hydrogen-bond acceptors (Lipinski definition) is 6. The minimum Gasteiger partial charge on any atom is -0.472 e.